The predicted octanol–water partition coefficient (Wildman–Crippen LogP) is 0.977. The molecule has 0 N–H and O–H groups in total. The molecule has 0 unspecified atom stereocenters. The molecule has 0 amide bonds. The zero-order chi connectivity index (χ0) is 9.10. The molecule has 5 nitrogen and oxygen atoms in total. The van der Waals surface area contributed by atoms with E-state index in [-0.39, 0.29) is 0 Å². The maximum absolute atomic E-state index is 5.26. The van der Waals surface area contributed by atoms with Crippen LogP contribution in [0.1, 0.15) is 18.6 Å². The molecule has 1 aromatic heterocycles. The van der Waals surface area contributed by atoms with Crippen molar-refractivity contribution in [2.24, 2.45) is 0 Å². The lowest BCUT2D eigenvalue weighted by Gasteiger charge is -2.11. The third kappa shape index (κ3) is 1.63. The molecule has 0 atom stereocenters. The number of ether oxygens (including phenoxy) is 2. The molecule has 0 bridgehead atoms. The van der Waals surface area contributed by atoms with Crippen LogP contribution >= 0.6 is 0 Å². The Bertz CT molecular complexity index is 319. The molecule has 5 heteroatoms. The van der Waals surface area contributed by atoms with Gasteiger partial charge in [0.25, 0.3) is 5.89 Å². The number of nitrogens with zero attached hydrogens (tertiary/aromatic N) is 2. The Morgan fingerprint density at radius 2 is 2.38 bits per heavy atom. The van der Waals surface area contributed by atoms with Crippen LogP contribution in [0.2, 0.25) is 0 Å². The number of hydrogen-bond donors (Lipinski definition) is 0. The van der Waals surface area contributed by atoms with E-state index in [1.165, 1.54) is 6.26 Å². The van der Waals surface area contributed by atoms with Crippen molar-refractivity contribution in [2.75, 3.05) is 13.2 Å². The van der Waals surface area contributed by atoms with Gasteiger partial charge in [0.1, 0.15) is 19.5 Å². The Morgan fingerprint density at radius 1 is 1.46 bits per heavy atom. The van der Waals surface area contributed by atoms with E-state index in [0.717, 1.165) is 6.42 Å². The summed E-state index contributed by atoms with van der Waals surface area (Å²) in [6, 6.07) is 0. The second-order valence-corrected chi connectivity index (χ2v) is 2.57. The first-order valence-electron chi connectivity index (χ1n) is 4.17. The fourth-order valence-electron chi connectivity index (χ4n) is 0.978. The van der Waals surface area contributed by atoms with Crippen LogP contribution in [0, 0.1) is 0 Å². The van der Waals surface area contributed by atoms with E-state index in [4.69, 9.17) is 14.0 Å². The lowest BCUT2D eigenvalue weighted by molar-refractivity contribution is 0.120. The van der Waals surface area contributed by atoms with Crippen molar-refractivity contribution in [1.29, 1.82) is 0 Å². The van der Waals surface area contributed by atoms with Crippen LogP contribution in [0.5, 0.6) is 0 Å². The molecule has 0 saturated carbocycles. The van der Waals surface area contributed by atoms with Gasteiger partial charge >= 0.3 is 0 Å². The molecule has 70 valence electrons. The minimum Gasteiger partial charge on any atom is -0.494 e. The van der Waals surface area contributed by atoms with Gasteiger partial charge in [-0.15, -0.1) is 0 Å². The van der Waals surface area contributed by atoms with Crippen LogP contribution in [0.4, 0.5) is 0 Å². The molecule has 1 aliphatic heterocycles. The third-order valence-corrected chi connectivity index (χ3v) is 1.64. The summed E-state index contributed by atoms with van der Waals surface area (Å²) in [4.78, 5) is 4.10. The minimum absolute atomic E-state index is 0.386. The van der Waals surface area contributed by atoms with Gasteiger partial charge in [-0.25, -0.2) is 0 Å². The molecule has 0 aromatic carbocycles. The van der Waals surface area contributed by atoms with Crippen molar-refractivity contribution >= 4 is 5.76 Å². The first-order chi connectivity index (χ1) is 6.40. The fraction of sp³-hybridized carbons (Fsp3) is 0.500. The highest BCUT2D eigenvalue weighted by Crippen LogP contribution is 2.16. The average molecular weight is 182 g/mol. The molecule has 0 saturated heterocycles. The Balaban J connectivity index is 2.19. The second kappa shape index (κ2) is 3.47. The molecule has 0 aliphatic carbocycles. The largest absolute Gasteiger partial charge is 0.494 e. The number of hydrogen-bond acceptors (Lipinski definition) is 5. The lowest BCUT2D eigenvalue weighted by Crippen LogP contribution is -2.07. The predicted molar refractivity (Wildman–Crippen MR) is 43.6 cm³/mol. The average Bonchev–Trinajstić information content (AvgIpc) is 2.67. The van der Waals surface area contributed by atoms with Crippen LogP contribution < -0.4 is 0 Å². The zero-order valence-electron chi connectivity index (χ0n) is 7.32. The van der Waals surface area contributed by atoms with Crippen LogP contribution in [0.15, 0.2) is 10.8 Å². The highest BCUT2D eigenvalue weighted by molar-refractivity contribution is 5.49. The molecule has 1 aromatic rings. The maximum atomic E-state index is 5.26. The molecule has 0 fully saturated rings. The second-order valence-electron chi connectivity index (χ2n) is 2.57. The first kappa shape index (κ1) is 8.10. The van der Waals surface area contributed by atoms with E-state index in [0.29, 0.717) is 30.7 Å². The fourth-order valence-corrected chi connectivity index (χ4v) is 0.978. The summed E-state index contributed by atoms with van der Waals surface area (Å²) in [6.45, 7) is 3.05. The quantitative estimate of drug-likeness (QED) is 0.682. The SMILES string of the molecule is CCc1noc(C2=COCCO2)n1. The van der Waals surface area contributed by atoms with Gasteiger partial charge in [0, 0.05) is 6.42 Å². The standard InChI is InChI=1S/C8H10N2O3/c1-2-7-9-8(13-10-7)6-5-11-3-4-12-6/h5H,2-4H2,1H3. The van der Waals surface area contributed by atoms with Crippen molar-refractivity contribution in [3.63, 3.8) is 0 Å². The Hall–Kier alpha value is -1.52. The van der Waals surface area contributed by atoms with Crippen molar-refractivity contribution < 1.29 is 14.0 Å². The molecule has 2 rings (SSSR count). The molecular formula is C8H10N2O3. The molecule has 0 spiro atoms. The van der Waals surface area contributed by atoms with Crippen LogP contribution in [0.25, 0.3) is 5.76 Å². The van der Waals surface area contributed by atoms with E-state index >= 15 is 0 Å². The van der Waals surface area contributed by atoms with Crippen LogP contribution in [-0.4, -0.2) is 23.4 Å². The molecule has 2 heterocycles. The van der Waals surface area contributed by atoms with Crippen molar-refractivity contribution in [3.8, 4) is 0 Å². The topological polar surface area (TPSA) is 57.4 Å². The number of rotatable bonds is 2. The van der Waals surface area contributed by atoms with Gasteiger partial charge in [-0.05, 0) is 0 Å². The Kier molecular flexibility index (Phi) is 2.16. The normalized spacial score (nSPS) is 15.9. The van der Waals surface area contributed by atoms with Crippen molar-refractivity contribution in [1.82, 2.24) is 10.1 Å². The smallest absolute Gasteiger partial charge is 0.296 e. The van der Waals surface area contributed by atoms with E-state index < -0.39 is 0 Å². The summed E-state index contributed by atoms with van der Waals surface area (Å²) in [5.74, 6) is 1.57. The number of aromatic nitrogens is 2. The molecule has 13 heavy (non-hydrogen) atoms. The molecular weight excluding hydrogens is 172 g/mol. The van der Waals surface area contributed by atoms with Gasteiger partial charge in [-0.1, -0.05) is 12.1 Å². The van der Waals surface area contributed by atoms with Gasteiger partial charge < -0.3 is 14.0 Å². The van der Waals surface area contributed by atoms with Crippen molar-refractivity contribution in [3.05, 3.63) is 18.0 Å². The van der Waals surface area contributed by atoms with Gasteiger partial charge in [0.15, 0.2) is 5.82 Å². The lowest BCUT2D eigenvalue weighted by atomic mass is 10.4. The van der Waals surface area contributed by atoms with E-state index in [1.54, 1.807) is 0 Å². The summed E-state index contributed by atoms with van der Waals surface area (Å²) in [7, 11) is 0. The summed E-state index contributed by atoms with van der Waals surface area (Å²) < 4.78 is 15.3. The minimum atomic E-state index is 0.386. The van der Waals surface area contributed by atoms with Crippen LogP contribution in [0.3, 0.4) is 0 Å². The molecule has 0 radical (unpaired) electrons. The zero-order valence-corrected chi connectivity index (χ0v) is 7.32. The Morgan fingerprint density at radius 3 is 3.00 bits per heavy atom. The molecule has 1 aliphatic rings. The van der Waals surface area contributed by atoms with Gasteiger partial charge in [0.2, 0.25) is 5.76 Å². The first-order valence-corrected chi connectivity index (χ1v) is 4.17. The highest BCUT2D eigenvalue weighted by atomic mass is 16.6. The third-order valence-electron chi connectivity index (χ3n) is 1.64. The monoisotopic (exact) mass is 182 g/mol. The maximum Gasteiger partial charge on any atom is 0.296 e. The summed E-state index contributed by atoms with van der Waals surface area (Å²) >= 11 is 0. The van der Waals surface area contributed by atoms with E-state index in [2.05, 4.69) is 10.1 Å². The Labute approximate surface area is 75.3 Å². The summed E-state index contributed by atoms with van der Waals surface area (Å²) in [5.41, 5.74) is 0. The van der Waals surface area contributed by atoms with Gasteiger partial charge in [-0.2, -0.15) is 4.98 Å². The van der Waals surface area contributed by atoms with E-state index in [1.807, 2.05) is 6.92 Å². The van der Waals surface area contributed by atoms with Crippen molar-refractivity contribution in [2.45, 2.75) is 13.3 Å². The van der Waals surface area contributed by atoms with E-state index in [9.17, 15) is 0 Å². The van der Waals surface area contributed by atoms with Gasteiger partial charge in [-0.3, -0.25) is 0 Å². The van der Waals surface area contributed by atoms with Crippen LogP contribution in [-0.2, 0) is 15.9 Å². The summed E-state index contributed by atoms with van der Waals surface area (Å²) in [6.07, 6.45) is 2.24. The number of aryl methyl sites for hydroxylation is 1. The highest BCUT2D eigenvalue weighted by Gasteiger charge is 2.15. The summed E-state index contributed by atoms with van der Waals surface area (Å²) in [5, 5.41) is 3.75. The van der Waals surface area contributed by atoms with Gasteiger partial charge in [0.05, 0.1) is 0 Å².